The molecule has 1 atom stereocenters. The molecular formula is C12H22N2O2S. The van der Waals surface area contributed by atoms with E-state index in [1.165, 1.54) is 12.8 Å². The van der Waals surface area contributed by atoms with Crippen molar-refractivity contribution in [3.63, 3.8) is 0 Å². The summed E-state index contributed by atoms with van der Waals surface area (Å²) in [5.74, 6) is 1.89. The van der Waals surface area contributed by atoms with E-state index < -0.39 is 5.54 Å². The van der Waals surface area contributed by atoms with Crippen molar-refractivity contribution in [3.05, 3.63) is 0 Å². The van der Waals surface area contributed by atoms with Crippen molar-refractivity contribution >= 4 is 17.7 Å². The Labute approximate surface area is 107 Å². The summed E-state index contributed by atoms with van der Waals surface area (Å²) in [6, 6.07) is 0.501. The number of carbonyl (C=O) groups is 1. The van der Waals surface area contributed by atoms with E-state index in [-0.39, 0.29) is 12.5 Å². The smallest absolute Gasteiger partial charge is 0.238 e. The lowest BCUT2D eigenvalue weighted by Gasteiger charge is -2.32. The van der Waals surface area contributed by atoms with Crippen LogP contribution < -0.4 is 11.1 Å². The number of nitrogens with one attached hydrogen (secondary N) is 1. The van der Waals surface area contributed by atoms with Gasteiger partial charge in [0.15, 0.2) is 0 Å². The molecule has 1 amide bonds. The molecule has 2 saturated carbocycles. The zero-order valence-corrected chi connectivity index (χ0v) is 11.0. The van der Waals surface area contributed by atoms with Crippen LogP contribution in [-0.2, 0) is 4.79 Å². The van der Waals surface area contributed by atoms with Crippen molar-refractivity contribution in [2.75, 3.05) is 18.1 Å². The van der Waals surface area contributed by atoms with Gasteiger partial charge in [-0.1, -0.05) is 0 Å². The number of amides is 1. The third-order valence-electron chi connectivity index (χ3n) is 3.53. The highest BCUT2D eigenvalue weighted by Crippen LogP contribution is 2.43. The van der Waals surface area contributed by atoms with Crippen molar-refractivity contribution in [1.82, 2.24) is 5.32 Å². The summed E-state index contributed by atoms with van der Waals surface area (Å²) in [6.07, 6.45) is 5.35. The Bertz CT molecular complexity index is 280. The van der Waals surface area contributed by atoms with Gasteiger partial charge in [0.1, 0.15) is 5.54 Å². The Morgan fingerprint density at radius 2 is 2.12 bits per heavy atom. The highest BCUT2D eigenvalue weighted by atomic mass is 32.2. The minimum atomic E-state index is -0.485. The molecule has 0 spiro atoms. The minimum absolute atomic E-state index is 0.191. The van der Waals surface area contributed by atoms with Gasteiger partial charge >= 0.3 is 0 Å². The minimum Gasteiger partial charge on any atom is -0.396 e. The van der Waals surface area contributed by atoms with Crippen LogP contribution in [0.15, 0.2) is 0 Å². The molecule has 0 aliphatic heterocycles. The van der Waals surface area contributed by atoms with Crippen LogP contribution in [0.5, 0.6) is 0 Å². The van der Waals surface area contributed by atoms with Crippen molar-refractivity contribution in [1.29, 1.82) is 0 Å². The molecule has 4 nitrogen and oxygen atoms in total. The van der Waals surface area contributed by atoms with E-state index >= 15 is 0 Å². The summed E-state index contributed by atoms with van der Waals surface area (Å²) in [5, 5.41) is 12.2. The number of primary amides is 1. The van der Waals surface area contributed by atoms with E-state index in [2.05, 4.69) is 5.32 Å². The number of thioether (sulfide) groups is 1. The Morgan fingerprint density at radius 3 is 2.59 bits per heavy atom. The summed E-state index contributed by atoms with van der Waals surface area (Å²) in [4.78, 5) is 11.8. The van der Waals surface area contributed by atoms with Crippen LogP contribution in [-0.4, -0.2) is 40.7 Å². The molecule has 0 bridgehead atoms. The number of rotatable bonds is 9. The third kappa shape index (κ3) is 3.36. The van der Waals surface area contributed by atoms with E-state index in [1.807, 2.05) is 0 Å². The first kappa shape index (κ1) is 13.2. The van der Waals surface area contributed by atoms with Crippen LogP contribution in [0.3, 0.4) is 0 Å². The van der Waals surface area contributed by atoms with E-state index in [1.54, 1.807) is 11.8 Å². The zero-order chi connectivity index (χ0) is 12.3. The number of aliphatic hydroxyl groups is 1. The van der Waals surface area contributed by atoms with Gasteiger partial charge in [0, 0.05) is 18.4 Å². The predicted octanol–water partition coefficient (Wildman–Crippen LogP) is 0.488. The molecule has 5 heteroatoms. The molecule has 2 aliphatic carbocycles. The maximum atomic E-state index is 11.8. The fourth-order valence-corrected chi connectivity index (χ4v) is 3.45. The fraction of sp³-hybridized carbons (Fsp3) is 0.917. The topological polar surface area (TPSA) is 75.4 Å². The van der Waals surface area contributed by atoms with Gasteiger partial charge in [-0.05, 0) is 43.8 Å². The monoisotopic (exact) mass is 258 g/mol. The second-order valence-corrected chi connectivity index (χ2v) is 6.26. The van der Waals surface area contributed by atoms with Gasteiger partial charge in [0.25, 0.3) is 0 Å². The zero-order valence-electron chi connectivity index (χ0n) is 10.2. The van der Waals surface area contributed by atoms with Crippen molar-refractivity contribution < 1.29 is 9.90 Å². The van der Waals surface area contributed by atoms with Gasteiger partial charge in [0.2, 0.25) is 5.91 Å². The van der Waals surface area contributed by atoms with Gasteiger partial charge in [-0.15, -0.1) is 0 Å². The number of aliphatic hydroxyl groups excluding tert-OH is 1. The maximum Gasteiger partial charge on any atom is 0.238 e. The third-order valence-corrected chi connectivity index (χ3v) is 4.77. The molecular weight excluding hydrogens is 236 g/mol. The van der Waals surface area contributed by atoms with Gasteiger partial charge in [0.05, 0.1) is 0 Å². The fourth-order valence-electron chi connectivity index (χ4n) is 2.19. The molecule has 2 rings (SSSR count). The molecule has 0 aromatic rings. The van der Waals surface area contributed by atoms with Crippen LogP contribution in [0.25, 0.3) is 0 Å². The standard InChI is InChI=1S/C12H22N2O2S/c13-11(16)12(9-2-3-9,14-10-4-5-10)8-17-7-1-6-15/h9-10,14-15H,1-8H2,(H2,13,16). The number of hydrogen-bond donors (Lipinski definition) is 3. The summed E-state index contributed by atoms with van der Waals surface area (Å²) in [6.45, 7) is 0.218. The molecule has 0 heterocycles. The van der Waals surface area contributed by atoms with Crippen LogP contribution in [0, 0.1) is 5.92 Å². The van der Waals surface area contributed by atoms with E-state index in [4.69, 9.17) is 10.8 Å². The first-order valence-electron chi connectivity index (χ1n) is 6.45. The average molecular weight is 258 g/mol. The number of carbonyl (C=O) groups excluding carboxylic acids is 1. The van der Waals surface area contributed by atoms with Gasteiger partial charge < -0.3 is 10.8 Å². The van der Waals surface area contributed by atoms with Gasteiger partial charge in [-0.3, -0.25) is 10.1 Å². The van der Waals surface area contributed by atoms with Gasteiger partial charge in [-0.2, -0.15) is 11.8 Å². The molecule has 0 aromatic carbocycles. The van der Waals surface area contributed by atoms with Crippen molar-refractivity contribution in [2.45, 2.75) is 43.7 Å². The lowest BCUT2D eigenvalue weighted by molar-refractivity contribution is -0.124. The Balaban J connectivity index is 1.91. The SMILES string of the molecule is NC(=O)C(CSCCCO)(NC1CC1)C1CC1. The van der Waals surface area contributed by atoms with Gasteiger partial charge in [-0.25, -0.2) is 0 Å². The summed E-state index contributed by atoms with van der Waals surface area (Å²) < 4.78 is 0. The number of nitrogens with two attached hydrogens (primary N) is 1. The maximum absolute atomic E-state index is 11.8. The molecule has 4 N–H and O–H groups in total. The molecule has 0 aromatic heterocycles. The van der Waals surface area contributed by atoms with Crippen LogP contribution >= 0.6 is 11.8 Å². The van der Waals surface area contributed by atoms with Crippen LogP contribution in [0.4, 0.5) is 0 Å². The second-order valence-electron chi connectivity index (χ2n) is 5.16. The normalized spacial score (nSPS) is 23.4. The molecule has 2 aliphatic rings. The molecule has 17 heavy (non-hydrogen) atoms. The van der Waals surface area contributed by atoms with Crippen molar-refractivity contribution in [2.24, 2.45) is 11.7 Å². The molecule has 98 valence electrons. The number of hydrogen-bond acceptors (Lipinski definition) is 4. The first-order chi connectivity index (χ1) is 8.19. The van der Waals surface area contributed by atoms with E-state index in [9.17, 15) is 4.79 Å². The highest BCUT2D eigenvalue weighted by molar-refractivity contribution is 7.99. The average Bonchev–Trinajstić information content (AvgIpc) is 3.15. The van der Waals surface area contributed by atoms with Crippen LogP contribution in [0.2, 0.25) is 0 Å². The Hall–Kier alpha value is -0.260. The highest BCUT2D eigenvalue weighted by Gasteiger charge is 2.51. The van der Waals surface area contributed by atoms with Crippen molar-refractivity contribution in [3.8, 4) is 0 Å². The molecule has 0 saturated heterocycles. The molecule has 1 unspecified atom stereocenters. The molecule has 2 fully saturated rings. The first-order valence-corrected chi connectivity index (χ1v) is 7.60. The Morgan fingerprint density at radius 1 is 1.41 bits per heavy atom. The lowest BCUT2D eigenvalue weighted by Crippen LogP contribution is -2.60. The predicted molar refractivity (Wildman–Crippen MR) is 69.8 cm³/mol. The summed E-state index contributed by atoms with van der Waals surface area (Å²) >= 11 is 1.73. The summed E-state index contributed by atoms with van der Waals surface area (Å²) in [5.41, 5.74) is 5.15. The summed E-state index contributed by atoms with van der Waals surface area (Å²) in [7, 11) is 0. The molecule has 0 radical (unpaired) electrons. The van der Waals surface area contributed by atoms with E-state index in [0.29, 0.717) is 12.0 Å². The largest absolute Gasteiger partial charge is 0.396 e. The quantitative estimate of drug-likeness (QED) is 0.526. The van der Waals surface area contributed by atoms with E-state index in [0.717, 1.165) is 30.8 Å². The lowest BCUT2D eigenvalue weighted by atomic mass is 9.94. The Kier molecular flexibility index (Phi) is 4.33. The van der Waals surface area contributed by atoms with Crippen LogP contribution in [0.1, 0.15) is 32.1 Å². The second kappa shape index (κ2) is 5.59.